The molecule has 3 heterocycles. The van der Waals surface area contributed by atoms with Gasteiger partial charge < -0.3 is 73.5 Å². The number of allylic oxidation sites excluding steroid dienone is 5. The standard InChI is InChI=1S/C59H97N3O17/c1-37-17-13-12-14-18-38(2)48(71-8)35-44-22-20-42(6)59(69,79-44)55(65)56(66)62-25-16-15-19-46(62)57(67)77-50(36-49(72-9)39(3)32-41(5)53(64)54(74-11)52(63)40(4)31-37)45(60)33-43-21-23-47(51(34-43)73-10)78-58(68)61-24-26-75-29-30-76-28-27-70-7/h12-14,17-18,32,37,39-40,42-51,53-54,64,69H,15-16,19-31,33-36,60H2,1-11H3,(H,61,68)/b14-12+,17-13+,38-18+,41-32+/t37-,39-,40-,42-,43+,44+,45-,46+,47-,48+,49-,50+,51-,53-,54+,59-/m1/s1. The number of nitrogens with zero attached hydrogens (tertiary/aromatic N) is 1. The van der Waals surface area contributed by atoms with Crippen molar-refractivity contribution in [3.63, 3.8) is 0 Å². The van der Waals surface area contributed by atoms with Crippen LogP contribution >= 0.6 is 0 Å². The van der Waals surface area contributed by atoms with E-state index in [1.54, 1.807) is 35.2 Å². The van der Waals surface area contributed by atoms with Gasteiger partial charge in [-0.15, -0.1) is 0 Å². The minimum Gasteiger partial charge on any atom is -0.459 e. The van der Waals surface area contributed by atoms with Crippen LogP contribution < -0.4 is 11.1 Å². The number of ketones is 2. The number of nitrogens with two attached hydrogens (primary N) is 1. The number of hydrogen-bond donors (Lipinski definition) is 4. The van der Waals surface area contributed by atoms with E-state index in [0.29, 0.717) is 96.2 Å². The Balaban J connectivity index is 1.62. The van der Waals surface area contributed by atoms with Crippen molar-refractivity contribution in [3.05, 3.63) is 47.6 Å². The fourth-order valence-electron chi connectivity index (χ4n) is 11.3. The van der Waals surface area contributed by atoms with Crippen LogP contribution in [0.2, 0.25) is 0 Å². The lowest BCUT2D eigenvalue weighted by molar-refractivity contribution is -0.265. The average Bonchev–Trinajstić information content (AvgIpc) is 3.51. The van der Waals surface area contributed by atoms with Gasteiger partial charge in [0.15, 0.2) is 5.78 Å². The molecule has 2 bridgehead atoms. The average molecular weight is 1120 g/mol. The number of nitrogens with one attached hydrogen (secondary N) is 1. The van der Waals surface area contributed by atoms with Crippen LogP contribution in [0.25, 0.3) is 0 Å². The van der Waals surface area contributed by atoms with E-state index in [9.17, 15) is 34.2 Å². The predicted octanol–water partition coefficient (Wildman–Crippen LogP) is 5.73. The third kappa shape index (κ3) is 20.5. The largest absolute Gasteiger partial charge is 0.459 e. The van der Waals surface area contributed by atoms with Crippen molar-refractivity contribution >= 4 is 29.5 Å². The van der Waals surface area contributed by atoms with Crippen molar-refractivity contribution in [1.29, 1.82) is 0 Å². The van der Waals surface area contributed by atoms with Crippen LogP contribution in [0.3, 0.4) is 0 Å². The number of ether oxygens (including phenoxy) is 10. The molecule has 0 aromatic heterocycles. The van der Waals surface area contributed by atoms with Crippen molar-refractivity contribution < 1.29 is 81.6 Å². The van der Waals surface area contributed by atoms with Gasteiger partial charge in [0.25, 0.3) is 11.7 Å². The number of amides is 2. The monoisotopic (exact) mass is 1120 g/mol. The van der Waals surface area contributed by atoms with Gasteiger partial charge >= 0.3 is 12.1 Å². The molecule has 4 aliphatic rings. The van der Waals surface area contributed by atoms with Crippen LogP contribution in [0.1, 0.15) is 119 Å². The summed E-state index contributed by atoms with van der Waals surface area (Å²) in [6.07, 6.45) is 9.82. The van der Waals surface area contributed by atoms with Gasteiger partial charge in [0.1, 0.15) is 30.5 Å². The van der Waals surface area contributed by atoms with E-state index >= 15 is 0 Å². The zero-order valence-electron chi connectivity index (χ0n) is 49.1. The van der Waals surface area contributed by atoms with Gasteiger partial charge in [0.2, 0.25) is 5.79 Å². The van der Waals surface area contributed by atoms with Gasteiger partial charge in [-0.3, -0.25) is 14.4 Å². The Hall–Kier alpha value is -3.93. The summed E-state index contributed by atoms with van der Waals surface area (Å²) in [7, 11) is 7.67. The van der Waals surface area contributed by atoms with E-state index in [1.807, 2.05) is 64.2 Å². The number of piperidine rings is 1. The maximum Gasteiger partial charge on any atom is 0.407 e. The molecule has 20 nitrogen and oxygen atoms in total. The van der Waals surface area contributed by atoms with Gasteiger partial charge in [0.05, 0.1) is 57.5 Å². The maximum absolute atomic E-state index is 14.7. The van der Waals surface area contributed by atoms with Gasteiger partial charge in [-0.1, -0.05) is 64.2 Å². The molecular formula is C59H97N3O17. The topological polar surface area (TPSA) is 259 Å². The number of alkyl carbamates (subject to hydrolysis) is 1. The summed E-state index contributed by atoms with van der Waals surface area (Å²) in [5, 5.41) is 26.5. The minimum absolute atomic E-state index is 0.0159. The highest BCUT2D eigenvalue weighted by atomic mass is 16.6. The molecule has 5 N–H and O–H groups in total. The quantitative estimate of drug-likeness (QED) is 0.0587. The van der Waals surface area contributed by atoms with E-state index in [1.165, 1.54) is 19.1 Å². The van der Waals surface area contributed by atoms with Gasteiger partial charge in [-0.05, 0) is 101 Å². The molecule has 0 aromatic carbocycles. The summed E-state index contributed by atoms with van der Waals surface area (Å²) in [5.74, 6) is -7.23. The Kier molecular flexibility index (Phi) is 29.5. The van der Waals surface area contributed by atoms with E-state index in [-0.39, 0.29) is 50.2 Å². The van der Waals surface area contributed by atoms with Crippen molar-refractivity contribution in [2.45, 2.75) is 185 Å². The molecule has 3 aliphatic heterocycles. The van der Waals surface area contributed by atoms with E-state index in [4.69, 9.17) is 53.1 Å². The van der Waals surface area contributed by atoms with Crippen molar-refractivity contribution in [2.24, 2.45) is 35.3 Å². The molecule has 1 saturated carbocycles. The Morgan fingerprint density at radius 1 is 0.797 bits per heavy atom. The number of hydrogen-bond acceptors (Lipinski definition) is 18. The third-order valence-corrected chi connectivity index (χ3v) is 16.2. The molecule has 16 atom stereocenters. The number of methoxy groups -OCH3 is 5. The summed E-state index contributed by atoms with van der Waals surface area (Å²) >= 11 is 0. The number of Topliss-reactive ketones (excluding diaryl/α,β-unsaturated/α-hetero) is 2. The fourth-order valence-corrected chi connectivity index (χ4v) is 11.3. The Morgan fingerprint density at radius 2 is 1.51 bits per heavy atom. The minimum atomic E-state index is -2.45. The number of carbonyl (C=O) groups is 5. The van der Waals surface area contributed by atoms with Crippen LogP contribution in [0.4, 0.5) is 4.79 Å². The first-order valence-electron chi connectivity index (χ1n) is 28.6. The smallest absolute Gasteiger partial charge is 0.407 e. The zero-order valence-corrected chi connectivity index (χ0v) is 49.1. The van der Waals surface area contributed by atoms with Crippen molar-refractivity contribution in [3.8, 4) is 0 Å². The molecule has 4 rings (SSSR count). The second-order valence-electron chi connectivity index (χ2n) is 22.2. The number of carbonyl (C=O) groups excluding carboxylic acids is 5. The summed E-state index contributed by atoms with van der Waals surface area (Å²) in [6, 6.07) is -1.94. The number of fused-ring (bicyclic) bond motifs is 3. The van der Waals surface area contributed by atoms with E-state index < -0.39 is 108 Å². The predicted molar refractivity (Wildman–Crippen MR) is 296 cm³/mol. The SMILES string of the molecule is COCCOCCOCCNC(=O)O[C@@H]1CC[C@@H](C[C@@H](N)[C@@H]2C[C@@H](OC)[C@H](C)/C=C(\C)[C@@H](O)[C@@H](OC)C(=O)[C@H](C)C[C@H](C)/C=C/C=C/C=C(\C)[C@@H](OC)C[C@@H]3CC[C@@H](C)[C@@](O)(O3)C(=O)C(=O)N3CCCC[C@H]3C(=O)O2)C[C@H]1OC. The molecule has 450 valence electrons. The molecule has 2 amide bonds. The first kappa shape index (κ1) is 67.6. The molecule has 2 saturated heterocycles. The van der Waals surface area contributed by atoms with Crippen LogP contribution in [0, 0.1) is 29.6 Å². The number of rotatable bonds is 17. The molecule has 0 spiro atoms. The molecule has 1 aliphatic carbocycles. The van der Waals surface area contributed by atoms with Crippen LogP contribution in [-0.4, -0.2) is 193 Å². The highest BCUT2D eigenvalue weighted by Gasteiger charge is 2.53. The molecule has 20 heteroatoms. The zero-order chi connectivity index (χ0) is 58.2. The first-order valence-corrected chi connectivity index (χ1v) is 28.6. The third-order valence-electron chi connectivity index (χ3n) is 16.2. The lowest BCUT2D eigenvalue weighted by atomic mass is 9.80. The Labute approximate surface area is 469 Å². The van der Waals surface area contributed by atoms with Crippen LogP contribution in [0.5, 0.6) is 0 Å². The first-order chi connectivity index (χ1) is 37.7. The Bertz CT molecular complexity index is 2030. The van der Waals surface area contributed by atoms with Crippen LogP contribution in [0.15, 0.2) is 47.6 Å². The molecule has 79 heavy (non-hydrogen) atoms. The molecule has 0 unspecified atom stereocenters. The van der Waals surface area contributed by atoms with Gasteiger partial charge in [0, 0.05) is 85.3 Å². The van der Waals surface area contributed by atoms with E-state index in [2.05, 4.69) is 5.32 Å². The highest BCUT2D eigenvalue weighted by Crippen LogP contribution is 2.38. The lowest BCUT2D eigenvalue weighted by Crippen LogP contribution is -2.61. The fraction of sp³-hybridized carbons (Fsp3) is 0.780. The number of esters is 1. The number of aliphatic hydroxyl groups excluding tert-OH is 1. The summed E-state index contributed by atoms with van der Waals surface area (Å²) < 4.78 is 57.8. The molecular weight excluding hydrogens is 1020 g/mol. The lowest BCUT2D eigenvalue weighted by Gasteiger charge is -2.43. The van der Waals surface area contributed by atoms with Gasteiger partial charge in [-0.2, -0.15) is 0 Å². The maximum atomic E-state index is 14.7. The second-order valence-corrected chi connectivity index (χ2v) is 22.2. The molecule has 0 aromatic rings. The highest BCUT2D eigenvalue weighted by molar-refractivity contribution is 6.39. The van der Waals surface area contributed by atoms with Crippen LogP contribution in [-0.2, 0) is 66.5 Å². The van der Waals surface area contributed by atoms with Crippen molar-refractivity contribution in [2.75, 3.05) is 81.7 Å². The van der Waals surface area contributed by atoms with Crippen molar-refractivity contribution in [1.82, 2.24) is 10.2 Å². The molecule has 3 fully saturated rings. The van der Waals surface area contributed by atoms with Gasteiger partial charge in [-0.25, -0.2) is 9.59 Å². The second kappa shape index (κ2) is 34.5. The van der Waals surface area contributed by atoms with E-state index in [0.717, 1.165) is 5.57 Å². The summed E-state index contributed by atoms with van der Waals surface area (Å²) in [5.41, 5.74) is 8.48. The Morgan fingerprint density at radius 3 is 2.19 bits per heavy atom. The summed E-state index contributed by atoms with van der Waals surface area (Å²) in [4.78, 5) is 71.5. The molecule has 0 radical (unpaired) electrons. The summed E-state index contributed by atoms with van der Waals surface area (Å²) in [6.45, 7) is 13.4. The number of aliphatic hydroxyl groups is 2. The number of cyclic esters (lactones) is 1. The normalized spacial score (nSPS) is 36.2.